The molecule has 0 aliphatic rings. The Balaban J connectivity index is 0.000000184. The molecule has 0 saturated carbocycles. The molecule has 0 fully saturated rings. The normalized spacial score (nSPS) is 11.7. The average Bonchev–Trinajstić information content (AvgIpc) is 4.00. The van der Waals surface area contributed by atoms with E-state index in [4.69, 9.17) is 14.4 Å². The van der Waals surface area contributed by atoms with Crippen molar-refractivity contribution in [2.45, 2.75) is 52.4 Å². The van der Waals surface area contributed by atoms with Crippen molar-refractivity contribution in [1.29, 1.82) is 0 Å². The molecule has 7 heteroatoms. The summed E-state index contributed by atoms with van der Waals surface area (Å²) in [6.07, 6.45) is 3.92. The smallest absolute Gasteiger partial charge is 0.130 e. The minimum absolute atomic E-state index is 0. The first-order chi connectivity index (χ1) is 28.9. The fourth-order valence-corrected chi connectivity index (χ4v) is 7.60. The van der Waals surface area contributed by atoms with Gasteiger partial charge in [0.2, 0.25) is 0 Å². The molecular weight excluding hydrogens is 927 g/mol. The van der Waals surface area contributed by atoms with Crippen LogP contribution in [0, 0.1) is 12.1 Å². The van der Waals surface area contributed by atoms with E-state index in [1.807, 2.05) is 78.7 Å². The van der Waals surface area contributed by atoms with Crippen LogP contribution in [-0.4, -0.2) is 24.3 Å². The van der Waals surface area contributed by atoms with E-state index >= 15 is 0 Å². The van der Waals surface area contributed by atoms with E-state index in [2.05, 4.69) is 154 Å². The molecule has 0 aliphatic carbocycles. The summed E-state index contributed by atoms with van der Waals surface area (Å²) in [7, 11) is 2.04. The van der Waals surface area contributed by atoms with Crippen LogP contribution in [0.15, 0.2) is 162 Å². The van der Waals surface area contributed by atoms with Crippen molar-refractivity contribution in [3.05, 3.63) is 181 Å². The number of aromatic nitrogens is 5. The van der Waals surface area contributed by atoms with E-state index < -0.39 is 0 Å². The Morgan fingerprint density at radius 1 is 0.590 bits per heavy atom. The Bertz CT molecular complexity index is 3080. The van der Waals surface area contributed by atoms with E-state index in [9.17, 15) is 0 Å². The van der Waals surface area contributed by atoms with Crippen LogP contribution in [-0.2, 0) is 38.0 Å². The number of benzene rings is 6. The summed E-state index contributed by atoms with van der Waals surface area (Å²) in [5.74, 6) is 0.843. The summed E-state index contributed by atoms with van der Waals surface area (Å²) < 4.78 is 10.7. The van der Waals surface area contributed by atoms with Crippen molar-refractivity contribution < 1.29 is 24.5 Å². The molecule has 0 aliphatic heterocycles. The zero-order chi connectivity index (χ0) is 41.6. The average molecular weight is 974 g/mol. The van der Waals surface area contributed by atoms with Crippen molar-refractivity contribution in [3.8, 4) is 50.6 Å². The summed E-state index contributed by atoms with van der Waals surface area (Å²) in [4.78, 5) is 10.1. The van der Waals surface area contributed by atoms with Crippen LogP contribution in [0.3, 0.4) is 0 Å². The Morgan fingerprint density at radius 2 is 1.28 bits per heavy atom. The SMILES string of the molecule is Cn1c(-c2[c-]ccc3c2oc2c(-c4cc(C(C)(C)C)cc(C(C)(C)C)n4)cccc23)nc2ccccc21.[Ir].[c-]1ccccc1-n1cc(-c2ccc(-c3ccccc3)cc2)cn1. The second-order valence-electron chi connectivity index (χ2n) is 17.4. The van der Waals surface area contributed by atoms with E-state index in [0.717, 1.165) is 78.1 Å². The summed E-state index contributed by atoms with van der Waals surface area (Å²) in [6, 6.07) is 56.4. The molecule has 305 valence electrons. The van der Waals surface area contributed by atoms with Crippen molar-refractivity contribution in [3.63, 3.8) is 0 Å². The van der Waals surface area contributed by atoms with Gasteiger partial charge in [0.05, 0.1) is 34.3 Å². The molecule has 6 aromatic carbocycles. The topological polar surface area (TPSA) is 61.7 Å². The number of fused-ring (bicyclic) bond motifs is 4. The van der Waals surface area contributed by atoms with Crippen LogP contribution >= 0.6 is 0 Å². The maximum absolute atomic E-state index is 6.70. The quantitative estimate of drug-likeness (QED) is 0.161. The predicted molar refractivity (Wildman–Crippen MR) is 246 cm³/mol. The van der Waals surface area contributed by atoms with E-state index in [1.165, 1.54) is 16.7 Å². The van der Waals surface area contributed by atoms with E-state index in [1.54, 1.807) is 0 Å². The zero-order valence-electron chi connectivity index (χ0n) is 35.5. The minimum atomic E-state index is -0.0693. The molecule has 61 heavy (non-hydrogen) atoms. The second kappa shape index (κ2) is 16.6. The van der Waals surface area contributed by atoms with Gasteiger partial charge in [0.1, 0.15) is 5.58 Å². The van der Waals surface area contributed by atoms with Gasteiger partial charge in [-0.05, 0) is 63.7 Å². The van der Waals surface area contributed by atoms with Gasteiger partial charge >= 0.3 is 0 Å². The number of aryl methyl sites for hydroxylation is 1. The van der Waals surface area contributed by atoms with Crippen LogP contribution in [0.25, 0.3) is 83.6 Å². The van der Waals surface area contributed by atoms with E-state index in [0.29, 0.717) is 0 Å². The monoisotopic (exact) mass is 974 g/mol. The van der Waals surface area contributed by atoms with Gasteiger partial charge in [-0.1, -0.05) is 131 Å². The van der Waals surface area contributed by atoms with Crippen LogP contribution in [0.4, 0.5) is 0 Å². The first-order valence-electron chi connectivity index (χ1n) is 20.4. The van der Waals surface area contributed by atoms with Crippen LogP contribution < -0.4 is 0 Å². The Hall–Kier alpha value is -6.40. The maximum Gasteiger partial charge on any atom is 0.130 e. The fraction of sp³-hybridized carbons (Fsp3) is 0.167. The molecule has 1 radical (unpaired) electrons. The van der Waals surface area contributed by atoms with E-state index in [-0.39, 0.29) is 30.9 Å². The molecule has 0 atom stereocenters. The summed E-state index contributed by atoms with van der Waals surface area (Å²) in [5, 5.41) is 6.56. The summed E-state index contributed by atoms with van der Waals surface area (Å²) in [6.45, 7) is 13.4. The molecule has 10 aromatic rings. The Kier molecular flexibility index (Phi) is 11.2. The van der Waals surface area contributed by atoms with Crippen molar-refractivity contribution in [1.82, 2.24) is 24.3 Å². The summed E-state index contributed by atoms with van der Waals surface area (Å²) in [5.41, 5.74) is 14.4. The number of nitrogens with zero attached hydrogens (tertiary/aromatic N) is 5. The van der Waals surface area contributed by atoms with Crippen molar-refractivity contribution in [2.24, 2.45) is 7.05 Å². The standard InChI is InChI=1S/C33H32N3O.C21H15N2.Ir/c1-32(2,3)20-18-26(34-28(19-20)33(4,5)6)23-14-10-12-21-22-13-11-15-24(30(22)37-29(21)23)31-35-25-16-8-9-17-27(25)36(31)7;1-3-7-17(8-4-1)18-11-13-19(14-12-18)20-15-22-23(16-20)21-9-5-2-6-10-21;/h8-14,16-19H,1-7H3;1-9,11-16H;/q2*-1;. The number of hydrogen-bond acceptors (Lipinski definition) is 4. The molecule has 0 N–H and O–H groups in total. The number of imidazole rings is 1. The third-order valence-electron chi connectivity index (χ3n) is 11.1. The van der Waals surface area contributed by atoms with Gasteiger partial charge in [0, 0.05) is 61.0 Å². The third-order valence-corrected chi connectivity index (χ3v) is 11.1. The molecule has 4 aromatic heterocycles. The Morgan fingerprint density at radius 3 is 1.98 bits per heavy atom. The molecular formula is C54H47IrN5O-2. The van der Waals surface area contributed by atoms with Crippen LogP contribution in [0.2, 0.25) is 0 Å². The fourth-order valence-electron chi connectivity index (χ4n) is 7.60. The molecule has 0 spiro atoms. The number of para-hydroxylation sites is 4. The molecule has 10 rings (SSSR count). The number of rotatable bonds is 5. The van der Waals surface area contributed by atoms with Gasteiger partial charge in [-0.15, -0.1) is 24.3 Å². The van der Waals surface area contributed by atoms with Crippen molar-refractivity contribution >= 4 is 33.0 Å². The maximum atomic E-state index is 6.70. The van der Waals surface area contributed by atoms with Crippen LogP contribution in [0.1, 0.15) is 52.8 Å². The third kappa shape index (κ3) is 8.24. The zero-order valence-corrected chi connectivity index (χ0v) is 37.9. The number of pyridine rings is 1. The van der Waals surface area contributed by atoms with Crippen molar-refractivity contribution in [2.75, 3.05) is 0 Å². The van der Waals surface area contributed by atoms with Gasteiger partial charge < -0.3 is 8.98 Å². The number of furan rings is 1. The summed E-state index contributed by atoms with van der Waals surface area (Å²) >= 11 is 0. The van der Waals surface area contributed by atoms with Crippen LogP contribution in [0.5, 0.6) is 0 Å². The molecule has 6 nitrogen and oxygen atoms in total. The molecule has 0 saturated heterocycles. The number of hydrogen-bond donors (Lipinski definition) is 0. The van der Waals surface area contributed by atoms with Gasteiger partial charge in [-0.25, -0.2) is 0 Å². The molecule has 4 heterocycles. The molecule has 0 bridgehead atoms. The van der Waals surface area contributed by atoms with Gasteiger partial charge in [0.15, 0.2) is 0 Å². The predicted octanol–water partition coefficient (Wildman–Crippen LogP) is 13.6. The first-order valence-corrected chi connectivity index (χ1v) is 20.4. The molecule has 0 unspecified atom stereocenters. The minimum Gasteiger partial charge on any atom is -0.500 e. The Labute approximate surface area is 371 Å². The first kappa shape index (κ1) is 41.3. The van der Waals surface area contributed by atoms with Gasteiger partial charge in [-0.2, -0.15) is 29.4 Å². The largest absolute Gasteiger partial charge is 0.500 e. The molecule has 0 amide bonds. The second-order valence-corrected chi connectivity index (χ2v) is 17.4. The van der Waals surface area contributed by atoms with Gasteiger partial charge in [-0.3, -0.25) is 14.6 Å². The van der Waals surface area contributed by atoms with Gasteiger partial charge in [0.25, 0.3) is 0 Å².